The van der Waals surface area contributed by atoms with Gasteiger partial charge in [0.2, 0.25) is 11.8 Å². The first-order valence-corrected chi connectivity index (χ1v) is 8.44. The summed E-state index contributed by atoms with van der Waals surface area (Å²) in [5, 5.41) is 3.42. The smallest absolute Gasteiger partial charge is 0.246 e. The Morgan fingerprint density at radius 3 is 2.62 bits per heavy atom. The van der Waals surface area contributed by atoms with Crippen LogP contribution < -0.4 is 10.1 Å². The molecule has 0 fully saturated rings. The van der Waals surface area contributed by atoms with Gasteiger partial charge in [0.25, 0.3) is 0 Å². The van der Waals surface area contributed by atoms with E-state index in [1.165, 1.54) is 11.0 Å². The average Bonchev–Trinajstić information content (AvgIpc) is 2.65. The average molecular weight is 373 g/mol. The lowest BCUT2D eigenvalue weighted by molar-refractivity contribution is -0.131. The number of nitrogens with one attached hydrogen (secondary N) is 1. The quantitative estimate of drug-likeness (QED) is 0.759. The van der Waals surface area contributed by atoms with E-state index in [2.05, 4.69) is 5.32 Å². The summed E-state index contributed by atoms with van der Waals surface area (Å²) < 4.78 is 5.14. The van der Waals surface area contributed by atoms with Crippen LogP contribution in [0.5, 0.6) is 5.75 Å². The third-order valence-electron chi connectivity index (χ3n) is 3.67. The van der Waals surface area contributed by atoms with Gasteiger partial charge in [0.15, 0.2) is 0 Å². The summed E-state index contributed by atoms with van der Waals surface area (Å²) in [6.45, 7) is 0.368. The van der Waals surface area contributed by atoms with Crippen LogP contribution in [0.2, 0.25) is 5.02 Å². The Kier molecular flexibility index (Phi) is 7.24. The summed E-state index contributed by atoms with van der Waals surface area (Å²) in [6.07, 6.45) is 3.12. The van der Waals surface area contributed by atoms with Crippen molar-refractivity contribution in [3.8, 4) is 5.75 Å². The zero-order valence-electron chi connectivity index (χ0n) is 14.7. The number of ether oxygens (including phenoxy) is 1. The molecule has 2 amide bonds. The fraction of sp³-hybridized carbons (Fsp3) is 0.200. The zero-order chi connectivity index (χ0) is 18.9. The number of hydrogen-bond acceptors (Lipinski definition) is 3. The molecule has 0 atom stereocenters. The second kappa shape index (κ2) is 9.63. The summed E-state index contributed by atoms with van der Waals surface area (Å²) >= 11 is 5.82. The number of hydrogen-bond donors (Lipinski definition) is 1. The number of rotatable bonds is 7. The van der Waals surface area contributed by atoms with Crippen molar-refractivity contribution in [1.29, 1.82) is 0 Å². The largest absolute Gasteiger partial charge is 0.497 e. The second-order valence-electron chi connectivity index (χ2n) is 5.71. The van der Waals surface area contributed by atoms with Crippen molar-refractivity contribution in [3.05, 3.63) is 70.8 Å². The Morgan fingerprint density at radius 2 is 1.92 bits per heavy atom. The lowest BCUT2D eigenvalue weighted by Crippen LogP contribution is -2.37. The van der Waals surface area contributed by atoms with Crippen LogP contribution >= 0.6 is 11.6 Å². The number of carbonyl (C=O) groups is 2. The van der Waals surface area contributed by atoms with Gasteiger partial charge in [-0.1, -0.05) is 35.9 Å². The maximum atomic E-state index is 12.1. The van der Waals surface area contributed by atoms with Gasteiger partial charge in [-0.05, 0) is 41.5 Å². The van der Waals surface area contributed by atoms with Crippen LogP contribution in [0.25, 0.3) is 6.08 Å². The minimum atomic E-state index is -0.255. The molecule has 0 bridgehead atoms. The molecular weight excluding hydrogens is 352 g/mol. The van der Waals surface area contributed by atoms with Gasteiger partial charge in [0.1, 0.15) is 5.75 Å². The molecule has 0 radical (unpaired) electrons. The number of amides is 2. The number of methoxy groups -OCH3 is 1. The van der Waals surface area contributed by atoms with Gasteiger partial charge in [0, 0.05) is 24.7 Å². The van der Waals surface area contributed by atoms with Crippen molar-refractivity contribution in [2.24, 2.45) is 0 Å². The molecule has 0 unspecified atom stereocenters. The lowest BCUT2D eigenvalue weighted by atomic mass is 10.2. The predicted octanol–water partition coefficient (Wildman–Crippen LogP) is 3.14. The van der Waals surface area contributed by atoms with Gasteiger partial charge in [-0.2, -0.15) is 0 Å². The van der Waals surface area contributed by atoms with E-state index in [9.17, 15) is 9.59 Å². The first-order chi connectivity index (χ1) is 12.5. The molecule has 2 aromatic rings. The number of likely N-dealkylation sites (N-methyl/N-ethyl adjacent to an activating group) is 1. The van der Waals surface area contributed by atoms with E-state index in [1.54, 1.807) is 32.4 Å². The number of benzene rings is 2. The molecule has 2 aromatic carbocycles. The molecule has 0 spiro atoms. The predicted molar refractivity (Wildman–Crippen MR) is 103 cm³/mol. The van der Waals surface area contributed by atoms with Gasteiger partial charge in [0.05, 0.1) is 13.7 Å². The molecule has 0 saturated heterocycles. The summed E-state index contributed by atoms with van der Waals surface area (Å²) in [4.78, 5) is 25.5. The molecule has 136 valence electrons. The molecule has 1 N–H and O–H groups in total. The Labute approximate surface area is 158 Å². The van der Waals surface area contributed by atoms with Crippen LogP contribution in [0, 0.1) is 0 Å². The molecule has 0 aliphatic heterocycles. The minimum absolute atomic E-state index is 0.0190. The van der Waals surface area contributed by atoms with E-state index in [0.717, 1.165) is 16.9 Å². The van der Waals surface area contributed by atoms with Crippen LogP contribution in [-0.2, 0) is 16.1 Å². The van der Waals surface area contributed by atoms with Crippen LogP contribution in [0.3, 0.4) is 0 Å². The highest BCUT2D eigenvalue weighted by molar-refractivity contribution is 6.30. The topological polar surface area (TPSA) is 58.6 Å². The van der Waals surface area contributed by atoms with Crippen LogP contribution in [0.15, 0.2) is 54.6 Å². The maximum absolute atomic E-state index is 12.1. The Morgan fingerprint density at radius 1 is 1.19 bits per heavy atom. The first kappa shape index (κ1) is 19.5. The van der Waals surface area contributed by atoms with Gasteiger partial charge in [-0.15, -0.1) is 0 Å². The molecule has 0 aromatic heterocycles. The van der Waals surface area contributed by atoms with Gasteiger partial charge >= 0.3 is 0 Å². The fourth-order valence-corrected chi connectivity index (χ4v) is 2.32. The summed E-state index contributed by atoms with van der Waals surface area (Å²) in [7, 11) is 3.17. The van der Waals surface area contributed by atoms with Crippen molar-refractivity contribution < 1.29 is 14.3 Å². The lowest BCUT2D eigenvalue weighted by Gasteiger charge is -2.15. The Bertz CT molecular complexity index is 788. The summed E-state index contributed by atoms with van der Waals surface area (Å²) in [6, 6.07) is 14.6. The van der Waals surface area contributed by atoms with Crippen LogP contribution in [0.4, 0.5) is 0 Å². The van der Waals surface area contributed by atoms with E-state index in [0.29, 0.717) is 11.6 Å². The molecule has 26 heavy (non-hydrogen) atoms. The summed E-state index contributed by atoms with van der Waals surface area (Å²) in [5.41, 5.74) is 1.79. The molecule has 0 aliphatic rings. The first-order valence-electron chi connectivity index (χ1n) is 8.06. The minimum Gasteiger partial charge on any atom is -0.497 e. The van der Waals surface area contributed by atoms with Gasteiger partial charge < -0.3 is 15.0 Å². The maximum Gasteiger partial charge on any atom is 0.246 e. The highest BCUT2D eigenvalue weighted by Crippen LogP contribution is 2.13. The molecular formula is C20H21ClN2O3. The highest BCUT2D eigenvalue weighted by Gasteiger charge is 2.10. The number of carbonyl (C=O) groups excluding carboxylic acids is 2. The van der Waals surface area contributed by atoms with Gasteiger partial charge in [-0.3, -0.25) is 9.59 Å². The Balaban J connectivity index is 1.82. The monoisotopic (exact) mass is 372 g/mol. The van der Waals surface area contributed by atoms with E-state index in [-0.39, 0.29) is 18.4 Å². The standard InChI is InChI=1S/C20H21ClN2O3/c1-23(14-19(24)22-13-16-6-9-17(21)10-7-16)20(25)11-8-15-4-3-5-18(12-15)26-2/h3-12H,13-14H2,1-2H3,(H,22,24)/b11-8+. The molecule has 2 rings (SSSR count). The molecule has 0 saturated carbocycles. The van der Waals surface area contributed by atoms with Crippen LogP contribution in [0.1, 0.15) is 11.1 Å². The van der Waals surface area contributed by atoms with Crippen molar-refractivity contribution in [1.82, 2.24) is 10.2 Å². The van der Waals surface area contributed by atoms with Gasteiger partial charge in [-0.25, -0.2) is 0 Å². The highest BCUT2D eigenvalue weighted by atomic mass is 35.5. The van der Waals surface area contributed by atoms with E-state index >= 15 is 0 Å². The molecule has 5 nitrogen and oxygen atoms in total. The van der Waals surface area contributed by atoms with E-state index in [4.69, 9.17) is 16.3 Å². The van der Waals surface area contributed by atoms with Crippen molar-refractivity contribution >= 4 is 29.5 Å². The normalized spacial score (nSPS) is 10.6. The second-order valence-corrected chi connectivity index (χ2v) is 6.14. The molecule has 0 heterocycles. The fourth-order valence-electron chi connectivity index (χ4n) is 2.19. The third kappa shape index (κ3) is 6.26. The van der Waals surface area contributed by atoms with Crippen molar-refractivity contribution in [3.63, 3.8) is 0 Å². The van der Waals surface area contributed by atoms with Crippen molar-refractivity contribution in [2.45, 2.75) is 6.54 Å². The van der Waals surface area contributed by atoms with Crippen molar-refractivity contribution in [2.75, 3.05) is 20.7 Å². The van der Waals surface area contributed by atoms with E-state index < -0.39 is 0 Å². The number of nitrogens with zero attached hydrogens (tertiary/aromatic N) is 1. The molecule has 6 heteroatoms. The number of halogens is 1. The SMILES string of the molecule is COc1cccc(/C=C/C(=O)N(C)CC(=O)NCc2ccc(Cl)cc2)c1. The molecule has 0 aliphatic carbocycles. The Hall–Kier alpha value is -2.79. The zero-order valence-corrected chi connectivity index (χ0v) is 15.5. The third-order valence-corrected chi connectivity index (χ3v) is 3.92. The summed E-state index contributed by atoms with van der Waals surface area (Å²) in [5.74, 6) is 0.231. The van der Waals surface area contributed by atoms with E-state index in [1.807, 2.05) is 36.4 Å². The van der Waals surface area contributed by atoms with Crippen LogP contribution in [-0.4, -0.2) is 37.4 Å².